The third-order valence-corrected chi connectivity index (χ3v) is 5.74. The van der Waals surface area contributed by atoms with E-state index in [4.69, 9.17) is 14.2 Å². The van der Waals surface area contributed by atoms with Gasteiger partial charge >= 0.3 is 5.97 Å². The highest BCUT2D eigenvalue weighted by atomic mass is 16.5. The maximum Gasteiger partial charge on any atom is 0.339 e. The quantitative estimate of drug-likeness (QED) is 0.647. The molecule has 0 spiro atoms. The van der Waals surface area contributed by atoms with Gasteiger partial charge in [-0.3, -0.25) is 4.79 Å². The number of esters is 1. The molecule has 1 aromatic carbocycles. The zero-order valence-corrected chi connectivity index (χ0v) is 18.4. The number of aromatic nitrogens is 1. The lowest BCUT2D eigenvalue weighted by atomic mass is 10.0. The van der Waals surface area contributed by atoms with Crippen molar-refractivity contribution in [1.29, 1.82) is 0 Å². The molecule has 0 bridgehead atoms. The SMILES string of the molecule is CCOC(=O)c1cc(C)n(CC(=O)N2CCCC2c2ccc(OC)cc2OC)c1C. The predicted octanol–water partition coefficient (Wildman–Crippen LogP) is 3.66. The Labute approximate surface area is 177 Å². The Hall–Kier alpha value is -2.96. The highest BCUT2D eigenvalue weighted by Crippen LogP contribution is 2.39. The Bertz CT molecular complexity index is 934. The third kappa shape index (κ3) is 4.15. The van der Waals surface area contributed by atoms with Gasteiger partial charge in [-0.25, -0.2) is 4.79 Å². The van der Waals surface area contributed by atoms with Gasteiger partial charge in [0.05, 0.1) is 32.4 Å². The van der Waals surface area contributed by atoms with E-state index in [0.29, 0.717) is 18.7 Å². The summed E-state index contributed by atoms with van der Waals surface area (Å²) in [6.45, 7) is 6.73. The number of likely N-dealkylation sites (tertiary alicyclic amines) is 1. The molecule has 0 radical (unpaired) electrons. The second-order valence-corrected chi connectivity index (χ2v) is 7.44. The minimum absolute atomic E-state index is 0.0209. The second kappa shape index (κ2) is 9.24. The van der Waals surface area contributed by atoms with Crippen molar-refractivity contribution in [3.8, 4) is 11.5 Å². The van der Waals surface area contributed by atoms with E-state index in [-0.39, 0.29) is 24.5 Å². The van der Waals surface area contributed by atoms with Gasteiger partial charge in [0.15, 0.2) is 0 Å². The van der Waals surface area contributed by atoms with E-state index in [9.17, 15) is 9.59 Å². The summed E-state index contributed by atoms with van der Waals surface area (Å²) in [5.74, 6) is 1.10. The number of amides is 1. The van der Waals surface area contributed by atoms with Gasteiger partial charge in [0.2, 0.25) is 5.91 Å². The van der Waals surface area contributed by atoms with Gasteiger partial charge in [-0.2, -0.15) is 0 Å². The van der Waals surface area contributed by atoms with Crippen LogP contribution in [0.2, 0.25) is 0 Å². The van der Waals surface area contributed by atoms with Crippen LogP contribution in [-0.2, 0) is 16.1 Å². The summed E-state index contributed by atoms with van der Waals surface area (Å²) in [5, 5.41) is 0. The summed E-state index contributed by atoms with van der Waals surface area (Å²) in [6.07, 6.45) is 1.81. The molecule has 30 heavy (non-hydrogen) atoms. The van der Waals surface area contributed by atoms with Gasteiger partial charge in [-0.05, 0) is 51.8 Å². The number of nitrogens with zero attached hydrogens (tertiary/aromatic N) is 2. The fourth-order valence-corrected chi connectivity index (χ4v) is 4.17. The van der Waals surface area contributed by atoms with Gasteiger partial charge in [-0.1, -0.05) is 0 Å². The Kier molecular flexibility index (Phi) is 6.70. The molecule has 7 heteroatoms. The fourth-order valence-electron chi connectivity index (χ4n) is 4.17. The van der Waals surface area contributed by atoms with Crippen LogP contribution < -0.4 is 9.47 Å². The standard InChI is InChI=1S/C23H30N2O5/c1-6-30-23(27)19-12-15(2)25(16(19)3)14-22(26)24-11-7-8-20(24)18-10-9-17(28-4)13-21(18)29-5/h9-10,12-13,20H,6-8,11,14H2,1-5H3. The van der Waals surface area contributed by atoms with Crippen LogP contribution in [-0.4, -0.2) is 48.7 Å². The van der Waals surface area contributed by atoms with Crippen LogP contribution in [0.5, 0.6) is 11.5 Å². The van der Waals surface area contributed by atoms with Crippen molar-refractivity contribution in [2.45, 2.75) is 46.2 Å². The zero-order valence-electron chi connectivity index (χ0n) is 18.4. The lowest BCUT2D eigenvalue weighted by Gasteiger charge is -2.27. The molecule has 1 atom stereocenters. The van der Waals surface area contributed by atoms with Crippen molar-refractivity contribution in [2.24, 2.45) is 0 Å². The van der Waals surface area contributed by atoms with Crippen LogP contribution in [0.3, 0.4) is 0 Å². The van der Waals surface area contributed by atoms with Crippen LogP contribution in [0.15, 0.2) is 24.3 Å². The largest absolute Gasteiger partial charge is 0.497 e. The molecule has 162 valence electrons. The van der Waals surface area contributed by atoms with Gasteiger partial charge < -0.3 is 23.7 Å². The van der Waals surface area contributed by atoms with Crippen molar-refractivity contribution < 1.29 is 23.8 Å². The Morgan fingerprint density at radius 3 is 2.57 bits per heavy atom. The first kappa shape index (κ1) is 21.7. The second-order valence-electron chi connectivity index (χ2n) is 7.44. The van der Waals surface area contributed by atoms with Crippen LogP contribution in [0.4, 0.5) is 0 Å². The number of ether oxygens (including phenoxy) is 3. The van der Waals surface area contributed by atoms with E-state index in [2.05, 4.69) is 0 Å². The molecule has 0 aliphatic carbocycles. The summed E-state index contributed by atoms with van der Waals surface area (Å²) in [6, 6.07) is 7.46. The molecular weight excluding hydrogens is 384 g/mol. The smallest absolute Gasteiger partial charge is 0.339 e. The molecule has 1 aliphatic heterocycles. The molecule has 1 aromatic heterocycles. The first-order valence-electron chi connectivity index (χ1n) is 10.3. The van der Waals surface area contributed by atoms with Crippen LogP contribution in [0.25, 0.3) is 0 Å². The average Bonchev–Trinajstić information content (AvgIpc) is 3.34. The van der Waals surface area contributed by atoms with Crippen LogP contribution in [0.1, 0.15) is 53.1 Å². The Morgan fingerprint density at radius 2 is 1.90 bits per heavy atom. The van der Waals surface area contributed by atoms with E-state index in [1.54, 1.807) is 27.2 Å². The maximum absolute atomic E-state index is 13.3. The third-order valence-electron chi connectivity index (χ3n) is 5.74. The number of rotatable bonds is 7. The number of methoxy groups -OCH3 is 2. The Balaban J connectivity index is 1.83. The number of carbonyl (C=O) groups excluding carboxylic acids is 2. The normalized spacial score (nSPS) is 15.9. The lowest BCUT2D eigenvalue weighted by Crippen LogP contribution is -2.34. The fraction of sp³-hybridized carbons (Fsp3) is 0.478. The first-order valence-corrected chi connectivity index (χ1v) is 10.3. The zero-order chi connectivity index (χ0) is 21.8. The molecule has 3 rings (SSSR count). The monoisotopic (exact) mass is 414 g/mol. The van der Waals surface area contributed by atoms with Gasteiger partial charge in [0, 0.05) is 29.6 Å². The molecular formula is C23H30N2O5. The summed E-state index contributed by atoms with van der Waals surface area (Å²) >= 11 is 0. The number of hydrogen-bond acceptors (Lipinski definition) is 5. The predicted molar refractivity (Wildman–Crippen MR) is 113 cm³/mol. The number of benzene rings is 1. The number of aryl methyl sites for hydroxylation is 1. The topological polar surface area (TPSA) is 70.0 Å². The van der Waals surface area contributed by atoms with Crippen molar-refractivity contribution in [1.82, 2.24) is 9.47 Å². The molecule has 0 saturated carbocycles. The molecule has 1 fully saturated rings. The van der Waals surface area contributed by atoms with Crippen molar-refractivity contribution in [3.05, 3.63) is 46.8 Å². The summed E-state index contributed by atoms with van der Waals surface area (Å²) in [5.41, 5.74) is 3.10. The first-order chi connectivity index (χ1) is 14.4. The van der Waals surface area contributed by atoms with E-state index in [1.165, 1.54) is 0 Å². The molecule has 0 N–H and O–H groups in total. The molecule has 2 aromatic rings. The van der Waals surface area contributed by atoms with Crippen molar-refractivity contribution >= 4 is 11.9 Å². The van der Waals surface area contributed by atoms with Crippen LogP contribution in [0, 0.1) is 13.8 Å². The van der Waals surface area contributed by atoms with E-state index < -0.39 is 0 Å². The number of carbonyl (C=O) groups is 2. The molecule has 1 unspecified atom stereocenters. The molecule has 1 saturated heterocycles. The number of hydrogen-bond donors (Lipinski definition) is 0. The Morgan fingerprint density at radius 1 is 1.13 bits per heavy atom. The highest BCUT2D eigenvalue weighted by Gasteiger charge is 2.32. The van der Waals surface area contributed by atoms with Crippen LogP contribution >= 0.6 is 0 Å². The van der Waals surface area contributed by atoms with Gasteiger partial charge in [0.1, 0.15) is 18.0 Å². The highest BCUT2D eigenvalue weighted by molar-refractivity contribution is 5.91. The van der Waals surface area contributed by atoms with Crippen molar-refractivity contribution in [2.75, 3.05) is 27.4 Å². The van der Waals surface area contributed by atoms with Crippen molar-refractivity contribution in [3.63, 3.8) is 0 Å². The minimum Gasteiger partial charge on any atom is -0.497 e. The average molecular weight is 415 g/mol. The minimum atomic E-state index is -0.355. The summed E-state index contributed by atoms with van der Waals surface area (Å²) < 4.78 is 17.9. The molecule has 1 amide bonds. The van der Waals surface area contributed by atoms with E-state index in [1.807, 2.05) is 41.5 Å². The lowest BCUT2D eigenvalue weighted by molar-refractivity contribution is -0.132. The summed E-state index contributed by atoms with van der Waals surface area (Å²) in [7, 11) is 3.25. The molecule has 1 aliphatic rings. The van der Waals surface area contributed by atoms with E-state index in [0.717, 1.165) is 41.3 Å². The molecule has 7 nitrogen and oxygen atoms in total. The van der Waals surface area contributed by atoms with Gasteiger partial charge in [0.25, 0.3) is 0 Å². The maximum atomic E-state index is 13.3. The summed E-state index contributed by atoms with van der Waals surface area (Å²) in [4.78, 5) is 27.3. The van der Waals surface area contributed by atoms with E-state index >= 15 is 0 Å². The molecule has 2 heterocycles. The van der Waals surface area contributed by atoms with Gasteiger partial charge in [-0.15, -0.1) is 0 Å².